The van der Waals surface area contributed by atoms with Gasteiger partial charge >= 0.3 is 0 Å². The summed E-state index contributed by atoms with van der Waals surface area (Å²) in [5.41, 5.74) is 5.04. The molecule has 0 N–H and O–H groups in total. The van der Waals surface area contributed by atoms with Crippen molar-refractivity contribution in [3.05, 3.63) is 22.8 Å². The Kier molecular flexibility index (Phi) is 2.46. The maximum atomic E-state index is 2.37. The summed E-state index contributed by atoms with van der Waals surface area (Å²) in [5.74, 6) is 0. The molecule has 0 fully saturated rings. The Morgan fingerprint density at radius 3 is 2.25 bits per heavy atom. The molecule has 0 heteroatoms. The van der Waals surface area contributed by atoms with Gasteiger partial charge in [0.2, 0.25) is 0 Å². The average Bonchev–Trinajstić information content (AvgIpc) is 2.31. The van der Waals surface area contributed by atoms with Crippen molar-refractivity contribution in [3.8, 4) is 0 Å². The first kappa shape index (κ1) is 9.57. The van der Waals surface area contributed by atoms with Gasteiger partial charge in [0.05, 0.1) is 0 Å². The van der Waals surface area contributed by atoms with E-state index in [2.05, 4.69) is 40.7 Å². The fourth-order valence-corrected chi connectivity index (χ4v) is 1.90. The van der Waals surface area contributed by atoms with E-state index < -0.39 is 0 Å². The fourth-order valence-electron chi connectivity index (χ4n) is 1.90. The van der Waals surface area contributed by atoms with Gasteiger partial charge in [-0.3, -0.25) is 0 Å². The molecule has 0 saturated heterocycles. The molecule has 68 valence electrons. The molecule has 0 aliphatic heterocycles. The van der Waals surface area contributed by atoms with Crippen molar-refractivity contribution < 1.29 is 0 Å². The fraction of sp³-hybridized carbons (Fsp3) is 0.667. The molecule has 0 saturated carbocycles. The largest absolute Gasteiger partial charge is 0.0690 e. The van der Waals surface area contributed by atoms with Crippen molar-refractivity contribution in [2.24, 2.45) is 5.41 Å². The van der Waals surface area contributed by atoms with E-state index >= 15 is 0 Å². The van der Waals surface area contributed by atoms with Crippen LogP contribution >= 0.6 is 0 Å². The summed E-state index contributed by atoms with van der Waals surface area (Å²) < 4.78 is 0. The van der Waals surface area contributed by atoms with Crippen molar-refractivity contribution >= 4 is 0 Å². The highest BCUT2D eigenvalue weighted by atomic mass is 14.3. The second-order valence-electron chi connectivity index (χ2n) is 4.60. The lowest BCUT2D eigenvalue weighted by atomic mass is 9.80. The molecule has 1 rings (SSSR count). The zero-order chi connectivity index (χ0) is 9.35. The first-order valence-electron chi connectivity index (χ1n) is 4.85. The van der Waals surface area contributed by atoms with Crippen molar-refractivity contribution in [3.63, 3.8) is 0 Å². The molecule has 0 unspecified atom stereocenters. The highest BCUT2D eigenvalue weighted by molar-refractivity contribution is 5.40. The van der Waals surface area contributed by atoms with Crippen LogP contribution in [0.3, 0.4) is 0 Å². The zero-order valence-corrected chi connectivity index (χ0v) is 8.99. The molecule has 12 heavy (non-hydrogen) atoms. The molecule has 0 atom stereocenters. The van der Waals surface area contributed by atoms with Gasteiger partial charge in [-0.1, -0.05) is 38.0 Å². The topological polar surface area (TPSA) is 0 Å². The van der Waals surface area contributed by atoms with Crippen LogP contribution in [-0.2, 0) is 0 Å². The monoisotopic (exact) mass is 164 g/mol. The van der Waals surface area contributed by atoms with Crippen LogP contribution in [0.4, 0.5) is 0 Å². The number of hydrogen-bond acceptors (Lipinski definition) is 0. The van der Waals surface area contributed by atoms with Crippen LogP contribution in [0.5, 0.6) is 0 Å². The lowest BCUT2D eigenvalue weighted by molar-refractivity contribution is 0.437. The molecule has 0 spiro atoms. The van der Waals surface area contributed by atoms with E-state index in [0.29, 0.717) is 5.41 Å². The third-order valence-electron chi connectivity index (χ3n) is 3.01. The van der Waals surface area contributed by atoms with E-state index in [1.54, 1.807) is 11.1 Å². The Morgan fingerprint density at radius 2 is 1.92 bits per heavy atom. The molecule has 0 aromatic rings. The Labute approximate surface area is 76.4 Å². The van der Waals surface area contributed by atoms with Gasteiger partial charge in [-0.05, 0) is 37.7 Å². The second kappa shape index (κ2) is 3.08. The third-order valence-corrected chi connectivity index (χ3v) is 3.01. The third kappa shape index (κ3) is 1.63. The van der Waals surface area contributed by atoms with E-state index in [0.717, 1.165) is 0 Å². The molecule has 0 heterocycles. The summed E-state index contributed by atoms with van der Waals surface area (Å²) in [6, 6.07) is 0. The minimum absolute atomic E-state index is 0.377. The van der Waals surface area contributed by atoms with E-state index in [4.69, 9.17) is 0 Å². The van der Waals surface area contributed by atoms with Crippen molar-refractivity contribution in [1.82, 2.24) is 0 Å². The molecule has 0 bridgehead atoms. The van der Waals surface area contributed by atoms with Crippen LogP contribution in [-0.4, -0.2) is 0 Å². The number of allylic oxidation sites excluding steroid dienone is 4. The van der Waals surface area contributed by atoms with Crippen LogP contribution in [0.15, 0.2) is 22.8 Å². The lowest BCUT2D eigenvalue weighted by Gasteiger charge is -2.24. The molecule has 0 radical (unpaired) electrons. The number of hydrogen-bond donors (Lipinski definition) is 0. The number of rotatable bonds is 2. The van der Waals surface area contributed by atoms with Crippen LogP contribution in [0.1, 0.15) is 47.5 Å². The quantitative estimate of drug-likeness (QED) is 0.576. The highest BCUT2D eigenvalue weighted by Crippen LogP contribution is 2.39. The second-order valence-corrected chi connectivity index (χ2v) is 4.60. The maximum Gasteiger partial charge on any atom is -0.0105 e. The van der Waals surface area contributed by atoms with Crippen LogP contribution in [0.2, 0.25) is 0 Å². The summed E-state index contributed by atoms with van der Waals surface area (Å²) in [6.45, 7) is 11.4. The minimum atomic E-state index is 0.377. The zero-order valence-electron chi connectivity index (χ0n) is 8.99. The Morgan fingerprint density at radius 1 is 1.33 bits per heavy atom. The Balaban J connectivity index is 2.95. The van der Waals surface area contributed by atoms with Gasteiger partial charge in [0.25, 0.3) is 0 Å². The van der Waals surface area contributed by atoms with E-state index in [1.165, 1.54) is 18.4 Å². The first-order chi connectivity index (χ1) is 5.47. The van der Waals surface area contributed by atoms with Gasteiger partial charge in [0.15, 0.2) is 0 Å². The summed E-state index contributed by atoms with van der Waals surface area (Å²) in [7, 11) is 0. The molecule has 0 amide bonds. The smallest absolute Gasteiger partial charge is 0.0105 e. The van der Waals surface area contributed by atoms with Crippen molar-refractivity contribution in [2.75, 3.05) is 0 Å². The Bertz CT molecular complexity index is 239. The van der Waals surface area contributed by atoms with Gasteiger partial charge in [-0.2, -0.15) is 0 Å². The highest BCUT2D eigenvalue weighted by Gasteiger charge is 2.24. The molecule has 1 aliphatic rings. The van der Waals surface area contributed by atoms with Crippen molar-refractivity contribution in [2.45, 2.75) is 47.5 Å². The summed E-state index contributed by atoms with van der Waals surface area (Å²) in [5, 5.41) is 0. The molecule has 0 nitrogen and oxygen atoms in total. The molecule has 0 aromatic carbocycles. The summed E-state index contributed by atoms with van der Waals surface area (Å²) in [4.78, 5) is 0. The van der Waals surface area contributed by atoms with Gasteiger partial charge < -0.3 is 0 Å². The van der Waals surface area contributed by atoms with Gasteiger partial charge in [-0.25, -0.2) is 0 Å². The average molecular weight is 164 g/mol. The van der Waals surface area contributed by atoms with E-state index in [1.807, 2.05) is 0 Å². The predicted octanol–water partition coefficient (Wildman–Crippen LogP) is 4.09. The standard InChI is InChI=1S/C12H20/c1-6-12(4,5)11-8-9(2)7-10(11)3/h8H,6-7H2,1-5H3. The normalized spacial score (nSPS) is 18.6. The molecular weight excluding hydrogens is 144 g/mol. The minimum Gasteiger partial charge on any atom is -0.0690 e. The van der Waals surface area contributed by atoms with Gasteiger partial charge in [-0.15, -0.1) is 0 Å². The lowest BCUT2D eigenvalue weighted by Crippen LogP contribution is -2.12. The van der Waals surface area contributed by atoms with Gasteiger partial charge in [0, 0.05) is 0 Å². The van der Waals surface area contributed by atoms with Gasteiger partial charge in [0.1, 0.15) is 0 Å². The predicted molar refractivity (Wildman–Crippen MR) is 55.1 cm³/mol. The molecule has 1 aliphatic carbocycles. The van der Waals surface area contributed by atoms with Crippen LogP contribution < -0.4 is 0 Å². The summed E-state index contributed by atoms with van der Waals surface area (Å²) >= 11 is 0. The van der Waals surface area contributed by atoms with E-state index in [9.17, 15) is 0 Å². The summed E-state index contributed by atoms with van der Waals surface area (Å²) in [6.07, 6.45) is 4.79. The molecular formula is C12H20. The van der Waals surface area contributed by atoms with Crippen molar-refractivity contribution in [1.29, 1.82) is 0 Å². The van der Waals surface area contributed by atoms with Crippen LogP contribution in [0, 0.1) is 5.41 Å². The Hall–Kier alpha value is -0.520. The SMILES string of the molecule is CCC(C)(C)C1=C(C)CC(C)=C1. The first-order valence-corrected chi connectivity index (χ1v) is 4.85. The van der Waals surface area contributed by atoms with Crippen LogP contribution in [0.25, 0.3) is 0 Å². The maximum absolute atomic E-state index is 2.37. The molecule has 0 aromatic heterocycles. The van der Waals surface area contributed by atoms with E-state index in [-0.39, 0.29) is 0 Å².